The van der Waals surface area contributed by atoms with Crippen molar-refractivity contribution in [1.82, 2.24) is 14.5 Å². The summed E-state index contributed by atoms with van der Waals surface area (Å²) >= 11 is 0. The Morgan fingerprint density at radius 1 is 0.806 bits per heavy atom. The van der Waals surface area contributed by atoms with Crippen molar-refractivity contribution in [3.8, 4) is 0 Å². The Bertz CT molecular complexity index is 1180. The van der Waals surface area contributed by atoms with E-state index in [0.29, 0.717) is 6.04 Å². The highest BCUT2D eigenvalue weighted by molar-refractivity contribution is 5.86. The maximum Gasteiger partial charge on any atom is 0.206 e. The second kappa shape index (κ2) is 10.3. The van der Waals surface area contributed by atoms with E-state index < -0.39 is 0 Å². The second-order valence-corrected chi connectivity index (χ2v) is 11.0. The maximum atomic E-state index is 9.22. The zero-order valence-corrected chi connectivity index (χ0v) is 21.4. The van der Waals surface area contributed by atoms with Crippen molar-refractivity contribution >= 4 is 22.7 Å². The molecule has 6 nitrogen and oxygen atoms in total. The average Bonchev–Trinajstić information content (AvgIpc) is 3.15. The van der Waals surface area contributed by atoms with E-state index in [1.165, 1.54) is 49.6 Å². The number of likely N-dealkylation sites (tertiary alicyclic amines) is 1. The Labute approximate surface area is 214 Å². The second-order valence-electron chi connectivity index (χ2n) is 11.0. The number of para-hydroxylation sites is 2. The summed E-state index contributed by atoms with van der Waals surface area (Å²) in [6.07, 6.45) is 11.9. The predicted molar refractivity (Wildman–Crippen MR) is 146 cm³/mol. The van der Waals surface area contributed by atoms with Crippen LogP contribution in [0, 0.1) is 0 Å². The topological polar surface area (TPSA) is 56.9 Å². The van der Waals surface area contributed by atoms with Crippen molar-refractivity contribution in [1.29, 1.82) is 0 Å². The molecule has 3 fully saturated rings. The molecule has 3 heterocycles. The zero-order chi connectivity index (χ0) is 24.4. The van der Waals surface area contributed by atoms with E-state index in [0.717, 1.165) is 69.0 Å². The van der Waals surface area contributed by atoms with Gasteiger partial charge in [0, 0.05) is 50.6 Å². The molecule has 0 amide bonds. The van der Waals surface area contributed by atoms with Crippen LogP contribution in [0.4, 0.5) is 5.95 Å². The molecule has 0 radical (unpaired) electrons. The molecule has 0 unspecified atom stereocenters. The fraction of sp³-hybridized carbons (Fsp3) is 0.533. The predicted octanol–water partition coefficient (Wildman–Crippen LogP) is 6.35. The van der Waals surface area contributed by atoms with E-state index in [4.69, 9.17) is 4.98 Å². The number of piperidine rings is 2. The number of benzene rings is 2. The van der Waals surface area contributed by atoms with Crippen molar-refractivity contribution in [2.75, 3.05) is 31.1 Å². The molecular weight excluding hydrogens is 446 g/mol. The Hall–Kier alpha value is -2.86. The summed E-state index contributed by atoms with van der Waals surface area (Å²) in [5.41, 5.74) is 4.95. The molecule has 1 aliphatic carbocycles. The van der Waals surface area contributed by atoms with Gasteiger partial charge in [0.25, 0.3) is 0 Å². The zero-order valence-electron chi connectivity index (χ0n) is 21.4. The van der Waals surface area contributed by atoms with Crippen LogP contribution in [-0.4, -0.2) is 51.5 Å². The molecule has 6 heteroatoms. The molecule has 0 atom stereocenters. The molecule has 1 N–H and O–H groups in total. The van der Waals surface area contributed by atoms with Gasteiger partial charge in [-0.25, -0.2) is 4.98 Å². The summed E-state index contributed by atoms with van der Waals surface area (Å²) in [5.74, 6) is 1.10. The van der Waals surface area contributed by atoms with Gasteiger partial charge in [0.05, 0.1) is 16.7 Å². The molecule has 1 aromatic heterocycles. The van der Waals surface area contributed by atoms with E-state index >= 15 is 0 Å². The Morgan fingerprint density at radius 3 is 2.17 bits per heavy atom. The number of hydrogen-bond donors (Lipinski definition) is 1. The van der Waals surface area contributed by atoms with Gasteiger partial charge in [0.2, 0.25) is 5.95 Å². The Morgan fingerprint density at radius 2 is 1.47 bits per heavy atom. The highest BCUT2D eigenvalue weighted by atomic mass is 16.4. The number of nitrogens with zero attached hydrogens (tertiary/aromatic N) is 5. The van der Waals surface area contributed by atoms with Gasteiger partial charge in [-0.2, -0.15) is 0 Å². The molecule has 6 rings (SSSR count). The summed E-state index contributed by atoms with van der Waals surface area (Å²) in [7, 11) is 0. The summed E-state index contributed by atoms with van der Waals surface area (Å²) in [6.45, 7) is 3.98. The number of rotatable bonds is 4. The smallest absolute Gasteiger partial charge is 0.206 e. The molecule has 2 saturated heterocycles. The third-order valence-corrected chi connectivity index (χ3v) is 9.02. The number of fused-ring (bicyclic) bond motifs is 1. The lowest BCUT2D eigenvalue weighted by Gasteiger charge is -2.48. The van der Waals surface area contributed by atoms with Crippen LogP contribution in [0.15, 0.2) is 59.8 Å². The van der Waals surface area contributed by atoms with Crippen molar-refractivity contribution in [2.45, 2.75) is 75.8 Å². The van der Waals surface area contributed by atoms with Gasteiger partial charge in [-0.15, -0.1) is 0 Å². The minimum absolute atomic E-state index is 0.190. The average molecular weight is 486 g/mol. The van der Waals surface area contributed by atoms with Gasteiger partial charge in [0.15, 0.2) is 0 Å². The van der Waals surface area contributed by atoms with Crippen molar-refractivity contribution in [3.05, 3.63) is 60.2 Å². The normalized spacial score (nSPS) is 22.0. The molecule has 2 aliphatic heterocycles. The van der Waals surface area contributed by atoms with E-state index in [9.17, 15) is 5.21 Å². The highest BCUT2D eigenvalue weighted by Gasteiger charge is 2.41. The minimum atomic E-state index is 0.190. The first-order chi connectivity index (χ1) is 17.8. The highest BCUT2D eigenvalue weighted by Crippen LogP contribution is 2.44. The van der Waals surface area contributed by atoms with Crippen LogP contribution in [0.25, 0.3) is 11.0 Å². The van der Waals surface area contributed by atoms with Gasteiger partial charge in [-0.05, 0) is 43.4 Å². The van der Waals surface area contributed by atoms with E-state index in [2.05, 4.69) is 74.1 Å². The SMILES string of the molecule is ON=C1CCN(c2nc3ccccc3n2C2CCN(C3(c4ccccc4)CCCCCC3)CC2)CC1. The monoisotopic (exact) mass is 485 g/mol. The Kier molecular flexibility index (Phi) is 6.70. The third-order valence-electron chi connectivity index (χ3n) is 9.02. The summed E-state index contributed by atoms with van der Waals surface area (Å²) < 4.78 is 2.54. The summed E-state index contributed by atoms with van der Waals surface area (Å²) in [4.78, 5) is 10.4. The lowest BCUT2D eigenvalue weighted by atomic mass is 9.79. The van der Waals surface area contributed by atoms with E-state index in [-0.39, 0.29) is 5.54 Å². The molecule has 3 aromatic rings. The summed E-state index contributed by atoms with van der Waals surface area (Å²) in [5, 5.41) is 12.7. The van der Waals surface area contributed by atoms with E-state index in [1.54, 1.807) is 0 Å². The quantitative estimate of drug-likeness (QED) is 0.266. The lowest BCUT2D eigenvalue weighted by molar-refractivity contribution is 0.0361. The fourth-order valence-corrected chi connectivity index (χ4v) is 7.08. The van der Waals surface area contributed by atoms with Gasteiger partial charge < -0.3 is 14.7 Å². The third kappa shape index (κ3) is 4.30. The fourth-order valence-electron chi connectivity index (χ4n) is 7.08. The van der Waals surface area contributed by atoms with Crippen molar-refractivity contribution < 1.29 is 5.21 Å². The number of oxime groups is 1. The number of imidazole rings is 1. The van der Waals surface area contributed by atoms with Crippen LogP contribution in [-0.2, 0) is 5.54 Å². The van der Waals surface area contributed by atoms with Gasteiger partial charge in [-0.3, -0.25) is 4.90 Å². The molecule has 0 bridgehead atoms. The summed E-state index contributed by atoms with van der Waals surface area (Å²) in [6, 6.07) is 20.4. The first-order valence-electron chi connectivity index (χ1n) is 14.0. The van der Waals surface area contributed by atoms with Crippen LogP contribution in [0.5, 0.6) is 0 Å². The van der Waals surface area contributed by atoms with Crippen LogP contribution in [0.1, 0.15) is 75.8 Å². The van der Waals surface area contributed by atoms with Gasteiger partial charge >= 0.3 is 0 Å². The molecule has 1 saturated carbocycles. The molecule has 2 aromatic carbocycles. The van der Waals surface area contributed by atoms with Crippen LogP contribution >= 0.6 is 0 Å². The standard InChI is InChI=1S/C30H39N5O/c36-32-25-14-20-33(21-15-25)29-31-27-12-6-7-13-28(27)35(29)26-16-22-34(23-17-26)30(18-8-1-2-9-19-30)24-10-4-3-5-11-24/h3-7,10-13,26,36H,1-2,8-9,14-23H2. The first-order valence-corrected chi connectivity index (χ1v) is 14.0. The largest absolute Gasteiger partial charge is 0.411 e. The van der Waals surface area contributed by atoms with Crippen LogP contribution in [0.3, 0.4) is 0 Å². The van der Waals surface area contributed by atoms with Gasteiger partial charge in [-0.1, -0.05) is 73.3 Å². The van der Waals surface area contributed by atoms with Gasteiger partial charge in [0.1, 0.15) is 0 Å². The molecule has 190 valence electrons. The van der Waals surface area contributed by atoms with E-state index in [1.807, 2.05) is 0 Å². The Balaban J connectivity index is 1.28. The molecular formula is C30H39N5O. The maximum absolute atomic E-state index is 9.22. The van der Waals surface area contributed by atoms with Crippen LogP contribution < -0.4 is 4.90 Å². The van der Waals surface area contributed by atoms with Crippen molar-refractivity contribution in [2.24, 2.45) is 5.16 Å². The minimum Gasteiger partial charge on any atom is -0.411 e. The number of aromatic nitrogens is 2. The lowest BCUT2D eigenvalue weighted by Crippen LogP contribution is -2.50. The first kappa shape index (κ1) is 23.5. The van der Waals surface area contributed by atoms with Crippen molar-refractivity contribution in [3.63, 3.8) is 0 Å². The molecule has 0 spiro atoms. The molecule has 3 aliphatic rings. The van der Waals surface area contributed by atoms with Crippen LogP contribution in [0.2, 0.25) is 0 Å². The number of hydrogen-bond acceptors (Lipinski definition) is 5. The number of anilines is 1. The molecule has 36 heavy (non-hydrogen) atoms.